The molecule has 2 amide bonds. The maximum Gasteiger partial charge on any atom is 0.224 e. The summed E-state index contributed by atoms with van der Waals surface area (Å²) < 4.78 is 10.7. The Bertz CT molecular complexity index is 326. The van der Waals surface area contributed by atoms with Crippen molar-refractivity contribution in [1.82, 2.24) is 15.5 Å². The Kier molecular flexibility index (Phi) is 6.23. The third-order valence-electron chi connectivity index (χ3n) is 3.44. The standard InChI is InChI=1S/C13H23N3O4/c17-12(9-11-10-14-3-6-20-11)15-2-1-13(18)16-4-7-19-8-5-16/h11,14H,1-10H2,(H,15,17). The minimum atomic E-state index is -0.0616. The molecular weight excluding hydrogens is 262 g/mol. The van der Waals surface area contributed by atoms with Gasteiger partial charge in [0.05, 0.1) is 32.3 Å². The number of amides is 2. The van der Waals surface area contributed by atoms with E-state index in [0.717, 1.165) is 6.54 Å². The lowest BCUT2D eigenvalue weighted by Gasteiger charge is -2.27. The first-order chi connectivity index (χ1) is 9.75. The molecule has 0 radical (unpaired) electrons. The third-order valence-corrected chi connectivity index (χ3v) is 3.44. The lowest BCUT2D eigenvalue weighted by molar-refractivity contribution is -0.135. The maximum absolute atomic E-state index is 11.9. The lowest BCUT2D eigenvalue weighted by atomic mass is 10.2. The summed E-state index contributed by atoms with van der Waals surface area (Å²) in [4.78, 5) is 25.3. The predicted molar refractivity (Wildman–Crippen MR) is 72.3 cm³/mol. The molecule has 0 spiro atoms. The second-order valence-electron chi connectivity index (χ2n) is 4.99. The van der Waals surface area contributed by atoms with Gasteiger partial charge in [-0.3, -0.25) is 9.59 Å². The van der Waals surface area contributed by atoms with E-state index in [2.05, 4.69) is 10.6 Å². The van der Waals surface area contributed by atoms with E-state index in [1.165, 1.54) is 0 Å². The monoisotopic (exact) mass is 285 g/mol. The number of hydrogen-bond donors (Lipinski definition) is 2. The van der Waals surface area contributed by atoms with Gasteiger partial charge in [0, 0.05) is 39.1 Å². The molecule has 20 heavy (non-hydrogen) atoms. The van der Waals surface area contributed by atoms with Crippen LogP contribution in [0.3, 0.4) is 0 Å². The fraction of sp³-hybridized carbons (Fsp3) is 0.846. The molecule has 2 aliphatic heterocycles. The minimum absolute atomic E-state index is 0.0568. The van der Waals surface area contributed by atoms with Crippen LogP contribution in [-0.2, 0) is 19.1 Å². The van der Waals surface area contributed by atoms with Crippen LogP contribution in [-0.4, -0.2) is 75.4 Å². The van der Waals surface area contributed by atoms with E-state index in [0.29, 0.717) is 58.8 Å². The van der Waals surface area contributed by atoms with Crippen LogP contribution in [0.1, 0.15) is 12.8 Å². The van der Waals surface area contributed by atoms with Crippen LogP contribution in [0.4, 0.5) is 0 Å². The maximum atomic E-state index is 11.9. The number of carbonyl (C=O) groups excluding carboxylic acids is 2. The molecular formula is C13H23N3O4. The van der Waals surface area contributed by atoms with Gasteiger partial charge >= 0.3 is 0 Å². The molecule has 114 valence electrons. The first kappa shape index (κ1) is 15.2. The molecule has 7 nitrogen and oxygen atoms in total. The molecule has 0 aromatic heterocycles. The van der Waals surface area contributed by atoms with E-state index in [9.17, 15) is 9.59 Å². The molecule has 0 bridgehead atoms. The lowest BCUT2D eigenvalue weighted by Crippen LogP contribution is -2.43. The molecule has 2 N–H and O–H groups in total. The van der Waals surface area contributed by atoms with Crippen LogP contribution in [0.15, 0.2) is 0 Å². The Morgan fingerprint density at radius 1 is 1.25 bits per heavy atom. The van der Waals surface area contributed by atoms with Crippen molar-refractivity contribution in [3.63, 3.8) is 0 Å². The van der Waals surface area contributed by atoms with E-state index in [1.54, 1.807) is 4.90 Å². The van der Waals surface area contributed by atoms with Gasteiger partial charge in [0.15, 0.2) is 0 Å². The summed E-state index contributed by atoms with van der Waals surface area (Å²) in [6.07, 6.45) is 0.632. The highest BCUT2D eigenvalue weighted by molar-refractivity contribution is 5.79. The van der Waals surface area contributed by atoms with Crippen molar-refractivity contribution >= 4 is 11.8 Å². The molecule has 0 saturated carbocycles. The fourth-order valence-electron chi connectivity index (χ4n) is 2.31. The highest BCUT2D eigenvalue weighted by atomic mass is 16.5. The number of morpholine rings is 2. The van der Waals surface area contributed by atoms with Gasteiger partial charge < -0.3 is 25.0 Å². The van der Waals surface area contributed by atoms with E-state index in [1.807, 2.05) is 0 Å². The van der Waals surface area contributed by atoms with Gasteiger partial charge in [-0.2, -0.15) is 0 Å². The van der Waals surface area contributed by atoms with Crippen LogP contribution in [0.25, 0.3) is 0 Å². The number of nitrogens with zero attached hydrogens (tertiary/aromatic N) is 1. The summed E-state index contributed by atoms with van der Waals surface area (Å²) in [6.45, 7) is 5.08. The topological polar surface area (TPSA) is 79.9 Å². The fourth-order valence-corrected chi connectivity index (χ4v) is 2.31. The Balaban J connectivity index is 1.57. The predicted octanol–water partition coefficient (Wildman–Crippen LogP) is -1.27. The molecule has 2 saturated heterocycles. The first-order valence-corrected chi connectivity index (χ1v) is 7.20. The van der Waals surface area contributed by atoms with Crippen LogP contribution in [0, 0.1) is 0 Å². The van der Waals surface area contributed by atoms with Crippen molar-refractivity contribution in [2.75, 3.05) is 52.5 Å². The molecule has 2 fully saturated rings. The van der Waals surface area contributed by atoms with Crippen LogP contribution in [0.2, 0.25) is 0 Å². The van der Waals surface area contributed by atoms with Gasteiger partial charge in [0.1, 0.15) is 0 Å². The zero-order valence-corrected chi connectivity index (χ0v) is 11.7. The summed E-state index contributed by atoms with van der Waals surface area (Å²) in [7, 11) is 0. The normalized spacial score (nSPS) is 23.4. The van der Waals surface area contributed by atoms with Crippen molar-refractivity contribution < 1.29 is 19.1 Å². The Morgan fingerprint density at radius 3 is 2.75 bits per heavy atom. The van der Waals surface area contributed by atoms with Gasteiger partial charge in [-0.1, -0.05) is 0 Å². The average molecular weight is 285 g/mol. The second-order valence-corrected chi connectivity index (χ2v) is 4.99. The molecule has 2 rings (SSSR count). The molecule has 0 aliphatic carbocycles. The number of nitrogens with one attached hydrogen (secondary N) is 2. The number of carbonyl (C=O) groups is 2. The third kappa shape index (κ3) is 5.07. The molecule has 1 unspecified atom stereocenters. The summed E-state index contributed by atoms with van der Waals surface area (Å²) >= 11 is 0. The summed E-state index contributed by atoms with van der Waals surface area (Å²) in [5.41, 5.74) is 0. The quantitative estimate of drug-likeness (QED) is 0.658. The zero-order chi connectivity index (χ0) is 14.2. The summed E-state index contributed by atoms with van der Waals surface area (Å²) in [6, 6.07) is 0. The number of ether oxygens (including phenoxy) is 2. The van der Waals surface area contributed by atoms with Gasteiger partial charge in [-0.05, 0) is 0 Å². The second kappa shape index (κ2) is 8.18. The average Bonchev–Trinajstić information content (AvgIpc) is 2.49. The number of rotatable bonds is 5. The van der Waals surface area contributed by atoms with E-state index >= 15 is 0 Å². The Labute approximate surface area is 119 Å². The summed E-state index contributed by atoms with van der Waals surface area (Å²) in [5.74, 6) is 0.0117. The first-order valence-electron chi connectivity index (χ1n) is 7.20. The molecule has 2 aliphatic rings. The van der Waals surface area contributed by atoms with Crippen molar-refractivity contribution in [1.29, 1.82) is 0 Å². The minimum Gasteiger partial charge on any atom is -0.378 e. The summed E-state index contributed by atoms with van der Waals surface area (Å²) in [5, 5.41) is 5.95. The van der Waals surface area contributed by atoms with E-state index < -0.39 is 0 Å². The van der Waals surface area contributed by atoms with Crippen LogP contribution in [0.5, 0.6) is 0 Å². The Hall–Kier alpha value is -1.18. The van der Waals surface area contributed by atoms with Crippen molar-refractivity contribution in [2.45, 2.75) is 18.9 Å². The largest absolute Gasteiger partial charge is 0.378 e. The van der Waals surface area contributed by atoms with Gasteiger partial charge in [-0.25, -0.2) is 0 Å². The van der Waals surface area contributed by atoms with Crippen molar-refractivity contribution in [3.8, 4) is 0 Å². The van der Waals surface area contributed by atoms with Gasteiger partial charge in [-0.15, -0.1) is 0 Å². The van der Waals surface area contributed by atoms with Gasteiger partial charge in [0.2, 0.25) is 11.8 Å². The molecule has 1 atom stereocenters. The smallest absolute Gasteiger partial charge is 0.224 e. The molecule has 2 heterocycles. The SMILES string of the molecule is O=C(CC1CNCCO1)NCCC(=O)N1CCOCC1. The van der Waals surface area contributed by atoms with Crippen molar-refractivity contribution in [3.05, 3.63) is 0 Å². The Morgan fingerprint density at radius 2 is 2.05 bits per heavy atom. The highest BCUT2D eigenvalue weighted by Gasteiger charge is 2.19. The highest BCUT2D eigenvalue weighted by Crippen LogP contribution is 2.02. The van der Waals surface area contributed by atoms with Crippen LogP contribution < -0.4 is 10.6 Å². The number of hydrogen-bond acceptors (Lipinski definition) is 5. The van der Waals surface area contributed by atoms with Gasteiger partial charge in [0.25, 0.3) is 0 Å². The molecule has 0 aromatic carbocycles. The van der Waals surface area contributed by atoms with Crippen molar-refractivity contribution in [2.24, 2.45) is 0 Å². The van der Waals surface area contributed by atoms with E-state index in [-0.39, 0.29) is 17.9 Å². The van der Waals surface area contributed by atoms with Crippen LogP contribution >= 0.6 is 0 Å². The molecule has 7 heteroatoms. The van der Waals surface area contributed by atoms with E-state index in [4.69, 9.17) is 9.47 Å². The molecule has 0 aromatic rings. The zero-order valence-electron chi connectivity index (χ0n) is 11.7.